The molecule has 0 radical (unpaired) electrons. The number of pyridine rings is 1. The minimum absolute atomic E-state index is 0.0154. The van der Waals surface area contributed by atoms with E-state index < -0.39 is 5.60 Å². The van der Waals surface area contributed by atoms with Crippen LogP contribution in [0.3, 0.4) is 0 Å². The van der Waals surface area contributed by atoms with Crippen LogP contribution in [-0.2, 0) is 4.74 Å². The second kappa shape index (κ2) is 5.06. The number of anilines is 1. The number of ketones is 1. The van der Waals surface area contributed by atoms with Crippen molar-refractivity contribution in [3.63, 3.8) is 0 Å². The number of methoxy groups -OCH3 is 1. The summed E-state index contributed by atoms with van der Waals surface area (Å²) in [4.78, 5) is 16.7. The van der Waals surface area contributed by atoms with Crippen molar-refractivity contribution in [1.82, 2.24) is 4.98 Å². The fourth-order valence-corrected chi connectivity index (χ4v) is 2.65. The van der Waals surface area contributed by atoms with Gasteiger partial charge in [-0.25, -0.2) is 4.98 Å². The van der Waals surface area contributed by atoms with Crippen molar-refractivity contribution in [2.45, 2.75) is 44.6 Å². The fourth-order valence-electron chi connectivity index (χ4n) is 2.65. The second-order valence-corrected chi connectivity index (χ2v) is 5.03. The standard InChI is InChI=1S/C14H20N2O2/c1-10-8-11(13(15)16-9-10)12(17)14(18-2)6-4-3-5-7-14/h8-9H,3-7H2,1-2H3,(H2,15,16). The summed E-state index contributed by atoms with van der Waals surface area (Å²) in [7, 11) is 1.61. The van der Waals surface area contributed by atoms with Crippen molar-refractivity contribution in [3.8, 4) is 0 Å². The Labute approximate surface area is 108 Å². The molecule has 1 saturated carbocycles. The van der Waals surface area contributed by atoms with Crippen molar-refractivity contribution in [2.24, 2.45) is 0 Å². The molecule has 0 aliphatic heterocycles. The molecule has 0 spiro atoms. The molecule has 1 aliphatic rings. The first-order chi connectivity index (χ1) is 8.59. The number of hydrogen-bond acceptors (Lipinski definition) is 4. The van der Waals surface area contributed by atoms with E-state index in [4.69, 9.17) is 10.5 Å². The van der Waals surface area contributed by atoms with Gasteiger partial charge in [0.25, 0.3) is 0 Å². The molecule has 0 saturated heterocycles. The Morgan fingerprint density at radius 1 is 1.39 bits per heavy atom. The van der Waals surface area contributed by atoms with Crippen molar-refractivity contribution < 1.29 is 9.53 Å². The summed E-state index contributed by atoms with van der Waals surface area (Å²) >= 11 is 0. The minimum atomic E-state index is -0.693. The van der Waals surface area contributed by atoms with Crippen LogP contribution in [0.15, 0.2) is 12.3 Å². The smallest absolute Gasteiger partial charge is 0.198 e. The lowest BCUT2D eigenvalue weighted by Gasteiger charge is -2.34. The van der Waals surface area contributed by atoms with E-state index in [1.807, 2.05) is 6.92 Å². The van der Waals surface area contributed by atoms with E-state index in [1.165, 1.54) is 6.42 Å². The lowest BCUT2D eigenvalue weighted by molar-refractivity contribution is -0.0193. The van der Waals surface area contributed by atoms with E-state index in [9.17, 15) is 4.79 Å². The third kappa shape index (κ3) is 2.25. The van der Waals surface area contributed by atoms with Gasteiger partial charge in [-0.05, 0) is 31.4 Å². The van der Waals surface area contributed by atoms with Crippen LogP contribution in [0.2, 0.25) is 0 Å². The largest absolute Gasteiger partial charge is 0.383 e. The number of aromatic nitrogens is 1. The molecular weight excluding hydrogens is 228 g/mol. The van der Waals surface area contributed by atoms with Crippen molar-refractivity contribution in [3.05, 3.63) is 23.4 Å². The van der Waals surface area contributed by atoms with Gasteiger partial charge in [-0.1, -0.05) is 19.3 Å². The summed E-state index contributed by atoms with van der Waals surface area (Å²) in [6.45, 7) is 1.91. The molecule has 1 heterocycles. The number of carbonyl (C=O) groups excluding carboxylic acids is 1. The number of Topliss-reactive ketones (excluding diaryl/α,β-unsaturated/α-hetero) is 1. The van der Waals surface area contributed by atoms with Gasteiger partial charge in [0.05, 0.1) is 5.56 Å². The van der Waals surface area contributed by atoms with Crippen LogP contribution >= 0.6 is 0 Å². The average Bonchev–Trinajstić information content (AvgIpc) is 2.41. The number of carbonyl (C=O) groups is 1. The Hall–Kier alpha value is -1.42. The van der Waals surface area contributed by atoms with Gasteiger partial charge in [-0.2, -0.15) is 0 Å². The molecule has 4 heteroatoms. The normalized spacial score (nSPS) is 18.6. The second-order valence-electron chi connectivity index (χ2n) is 5.03. The van der Waals surface area contributed by atoms with E-state index >= 15 is 0 Å². The van der Waals surface area contributed by atoms with E-state index in [1.54, 1.807) is 19.4 Å². The Kier molecular flexibility index (Phi) is 3.66. The molecule has 4 nitrogen and oxygen atoms in total. The molecule has 0 unspecified atom stereocenters. The first kappa shape index (κ1) is 13.0. The molecule has 1 fully saturated rings. The van der Waals surface area contributed by atoms with Crippen molar-refractivity contribution in [1.29, 1.82) is 0 Å². The van der Waals surface area contributed by atoms with Crippen LogP contribution in [0.25, 0.3) is 0 Å². The highest BCUT2D eigenvalue weighted by molar-refractivity contribution is 6.05. The molecule has 18 heavy (non-hydrogen) atoms. The highest BCUT2D eigenvalue weighted by Crippen LogP contribution is 2.35. The number of aryl methyl sites for hydroxylation is 1. The first-order valence-corrected chi connectivity index (χ1v) is 6.41. The number of rotatable bonds is 3. The minimum Gasteiger partial charge on any atom is -0.383 e. The molecule has 0 amide bonds. The van der Waals surface area contributed by atoms with Gasteiger partial charge in [0.15, 0.2) is 5.78 Å². The van der Waals surface area contributed by atoms with Crippen LogP contribution in [0, 0.1) is 6.92 Å². The highest BCUT2D eigenvalue weighted by Gasteiger charge is 2.40. The van der Waals surface area contributed by atoms with E-state index in [2.05, 4.69) is 4.98 Å². The Balaban J connectivity index is 2.36. The number of nitrogen functional groups attached to an aromatic ring is 1. The van der Waals surface area contributed by atoms with Gasteiger partial charge in [0.2, 0.25) is 0 Å². The summed E-state index contributed by atoms with van der Waals surface area (Å²) in [6.07, 6.45) is 6.44. The summed E-state index contributed by atoms with van der Waals surface area (Å²) in [5, 5.41) is 0. The van der Waals surface area contributed by atoms with Crippen molar-refractivity contribution in [2.75, 3.05) is 12.8 Å². The van der Waals surface area contributed by atoms with E-state index in [-0.39, 0.29) is 5.78 Å². The van der Waals surface area contributed by atoms with Crippen LogP contribution < -0.4 is 5.73 Å². The quantitative estimate of drug-likeness (QED) is 0.835. The summed E-state index contributed by atoms with van der Waals surface area (Å²) < 4.78 is 5.56. The highest BCUT2D eigenvalue weighted by atomic mass is 16.5. The van der Waals surface area contributed by atoms with Gasteiger partial charge in [0, 0.05) is 13.3 Å². The van der Waals surface area contributed by atoms with Gasteiger partial charge in [0.1, 0.15) is 11.4 Å². The predicted molar refractivity (Wildman–Crippen MR) is 70.5 cm³/mol. The van der Waals surface area contributed by atoms with Gasteiger partial charge in [-0.3, -0.25) is 4.79 Å². The van der Waals surface area contributed by atoms with Crippen LogP contribution in [0.1, 0.15) is 48.0 Å². The van der Waals surface area contributed by atoms with E-state index in [0.29, 0.717) is 11.4 Å². The SMILES string of the molecule is COC1(C(=O)c2cc(C)cnc2N)CCCCC1. The number of hydrogen-bond donors (Lipinski definition) is 1. The monoisotopic (exact) mass is 248 g/mol. The van der Waals surface area contributed by atoms with Gasteiger partial charge in [-0.15, -0.1) is 0 Å². The van der Waals surface area contributed by atoms with Crippen LogP contribution in [0.4, 0.5) is 5.82 Å². The number of nitrogens with two attached hydrogens (primary N) is 1. The summed E-state index contributed by atoms with van der Waals surface area (Å²) in [6, 6.07) is 1.81. The molecular formula is C14H20N2O2. The fraction of sp³-hybridized carbons (Fsp3) is 0.571. The zero-order valence-electron chi connectivity index (χ0n) is 11.0. The molecule has 2 N–H and O–H groups in total. The Morgan fingerprint density at radius 2 is 2.06 bits per heavy atom. The van der Waals surface area contributed by atoms with Crippen LogP contribution in [-0.4, -0.2) is 23.5 Å². The third-order valence-corrected chi connectivity index (χ3v) is 3.77. The third-order valence-electron chi connectivity index (χ3n) is 3.77. The zero-order chi connectivity index (χ0) is 13.2. The molecule has 0 atom stereocenters. The molecule has 0 aromatic carbocycles. The molecule has 2 rings (SSSR count). The van der Waals surface area contributed by atoms with Crippen LogP contribution in [0.5, 0.6) is 0 Å². The Bertz CT molecular complexity index is 451. The maximum atomic E-state index is 12.7. The summed E-state index contributed by atoms with van der Waals surface area (Å²) in [5.74, 6) is 0.283. The predicted octanol–water partition coefficient (Wildman–Crippen LogP) is 2.50. The topological polar surface area (TPSA) is 65.2 Å². The van der Waals surface area contributed by atoms with E-state index in [0.717, 1.165) is 31.2 Å². The first-order valence-electron chi connectivity index (χ1n) is 6.41. The maximum Gasteiger partial charge on any atom is 0.198 e. The lowest BCUT2D eigenvalue weighted by atomic mass is 9.79. The molecule has 1 aliphatic carbocycles. The Morgan fingerprint density at radius 3 is 2.67 bits per heavy atom. The molecule has 0 bridgehead atoms. The summed E-state index contributed by atoms with van der Waals surface area (Å²) in [5.41, 5.74) is 6.57. The van der Waals surface area contributed by atoms with Crippen molar-refractivity contribution >= 4 is 11.6 Å². The van der Waals surface area contributed by atoms with Gasteiger partial charge < -0.3 is 10.5 Å². The average molecular weight is 248 g/mol. The molecule has 1 aromatic heterocycles. The zero-order valence-corrected chi connectivity index (χ0v) is 11.0. The number of nitrogens with zero attached hydrogens (tertiary/aromatic N) is 1. The van der Waals surface area contributed by atoms with Gasteiger partial charge >= 0.3 is 0 Å². The lowest BCUT2D eigenvalue weighted by Crippen LogP contribution is -2.43. The molecule has 98 valence electrons. The molecule has 1 aromatic rings. The maximum absolute atomic E-state index is 12.7. The number of ether oxygens (including phenoxy) is 1.